The summed E-state index contributed by atoms with van der Waals surface area (Å²) in [5, 5.41) is 0. The summed E-state index contributed by atoms with van der Waals surface area (Å²) in [5.41, 5.74) is 5.10. The zero-order valence-corrected chi connectivity index (χ0v) is 12.6. The minimum absolute atomic E-state index is 0.123. The first-order chi connectivity index (χ1) is 9.30. The molecule has 0 aliphatic heterocycles. The lowest BCUT2D eigenvalue weighted by Gasteiger charge is -2.07. The fraction of sp³-hybridized carbons (Fsp3) is 0.786. The second-order valence-electron chi connectivity index (χ2n) is 5.13. The van der Waals surface area contributed by atoms with Crippen molar-refractivity contribution in [3.05, 3.63) is 12.4 Å². The predicted octanol–water partition coefficient (Wildman–Crippen LogP) is 4.64. The first-order valence-corrected chi connectivity index (χ1v) is 7.13. The number of nitrogens with zero attached hydrogens (tertiary/aromatic N) is 2. The fourth-order valence-corrected chi connectivity index (χ4v) is 1.80. The molecule has 6 heteroatoms. The van der Waals surface area contributed by atoms with Crippen LogP contribution in [-0.2, 0) is 6.54 Å². The van der Waals surface area contributed by atoms with Crippen molar-refractivity contribution in [2.24, 2.45) is 5.92 Å². The molecular weight excluding hydrogens is 267 g/mol. The summed E-state index contributed by atoms with van der Waals surface area (Å²) < 4.78 is 35.9. The van der Waals surface area contributed by atoms with Crippen LogP contribution < -0.4 is 5.73 Å². The van der Waals surface area contributed by atoms with Crippen LogP contribution in [0, 0.1) is 5.92 Å². The minimum Gasteiger partial charge on any atom is -0.369 e. The average molecular weight is 293 g/mol. The van der Waals surface area contributed by atoms with Gasteiger partial charge in [-0.15, -0.1) is 0 Å². The van der Waals surface area contributed by atoms with Gasteiger partial charge in [0.25, 0.3) is 0 Å². The van der Waals surface area contributed by atoms with Crippen molar-refractivity contribution in [3.8, 4) is 0 Å². The van der Waals surface area contributed by atoms with Crippen LogP contribution in [0.4, 0.5) is 19.1 Å². The van der Waals surface area contributed by atoms with Gasteiger partial charge in [-0.1, -0.05) is 52.9 Å². The van der Waals surface area contributed by atoms with Gasteiger partial charge >= 0.3 is 6.18 Å². The van der Waals surface area contributed by atoms with E-state index in [-0.39, 0.29) is 5.95 Å². The van der Waals surface area contributed by atoms with Gasteiger partial charge < -0.3 is 10.3 Å². The van der Waals surface area contributed by atoms with E-state index in [1.807, 2.05) is 0 Å². The molecule has 1 saturated carbocycles. The summed E-state index contributed by atoms with van der Waals surface area (Å²) in [4.78, 5) is 3.44. The molecule has 0 spiro atoms. The van der Waals surface area contributed by atoms with Crippen LogP contribution >= 0.6 is 0 Å². The number of hydrogen-bond donors (Lipinski definition) is 1. The van der Waals surface area contributed by atoms with Crippen molar-refractivity contribution in [2.45, 2.75) is 65.6 Å². The van der Waals surface area contributed by atoms with Crippen LogP contribution in [0.25, 0.3) is 0 Å². The third-order valence-corrected chi connectivity index (χ3v) is 2.74. The quantitative estimate of drug-likeness (QED) is 0.819. The molecule has 0 unspecified atom stereocenters. The van der Waals surface area contributed by atoms with Gasteiger partial charge in [-0.05, 0) is 5.92 Å². The van der Waals surface area contributed by atoms with Gasteiger partial charge in [-0.3, -0.25) is 0 Å². The number of nitrogen functional groups attached to an aromatic ring is 1. The fourth-order valence-electron chi connectivity index (χ4n) is 1.80. The van der Waals surface area contributed by atoms with Crippen LogP contribution in [0.15, 0.2) is 12.4 Å². The number of alkyl halides is 3. The van der Waals surface area contributed by atoms with Crippen molar-refractivity contribution in [1.29, 1.82) is 0 Å². The summed E-state index contributed by atoms with van der Waals surface area (Å²) in [5.74, 6) is 0.923. The Balaban J connectivity index is 0.000000336. The molecule has 0 amide bonds. The van der Waals surface area contributed by atoms with E-state index in [2.05, 4.69) is 25.8 Å². The molecular formula is C14H26F3N3. The molecule has 2 rings (SSSR count). The lowest BCUT2D eigenvalue weighted by Crippen LogP contribution is -2.18. The normalized spacial score (nSPS) is 15.1. The molecule has 2 N–H and O–H groups in total. The lowest BCUT2D eigenvalue weighted by atomic mass is 10.2. The van der Waals surface area contributed by atoms with Crippen LogP contribution in [0.5, 0.6) is 0 Å². The topological polar surface area (TPSA) is 43.8 Å². The maximum absolute atomic E-state index is 11.7. The predicted molar refractivity (Wildman–Crippen MR) is 76.3 cm³/mol. The highest BCUT2D eigenvalue weighted by molar-refractivity contribution is 5.16. The van der Waals surface area contributed by atoms with Crippen molar-refractivity contribution in [3.63, 3.8) is 0 Å². The number of aromatic nitrogens is 2. The van der Waals surface area contributed by atoms with Gasteiger partial charge in [0.15, 0.2) is 5.95 Å². The Morgan fingerprint density at radius 2 is 1.80 bits per heavy atom. The first-order valence-electron chi connectivity index (χ1n) is 7.13. The van der Waals surface area contributed by atoms with Crippen LogP contribution in [0.2, 0.25) is 0 Å². The second kappa shape index (κ2) is 9.66. The molecule has 3 nitrogen and oxygen atoms in total. The summed E-state index contributed by atoms with van der Waals surface area (Å²) in [6.07, 6.45) is 5.36. The van der Waals surface area contributed by atoms with Crippen LogP contribution in [-0.4, -0.2) is 15.7 Å². The Kier molecular flexibility index (Phi) is 9.08. The van der Waals surface area contributed by atoms with Crippen molar-refractivity contribution < 1.29 is 13.2 Å². The van der Waals surface area contributed by atoms with E-state index < -0.39 is 12.7 Å². The highest BCUT2D eigenvalue weighted by Crippen LogP contribution is 2.23. The number of halogens is 3. The summed E-state index contributed by atoms with van der Waals surface area (Å²) in [6.45, 7) is 5.51. The first kappa shape index (κ1) is 18.8. The molecule has 0 atom stereocenters. The molecule has 0 radical (unpaired) electrons. The largest absolute Gasteiger partial charge is 0.406 e. The van der Waals surface area contributed by atoms with Gasteiger partial charge in [0.2, 0.25) is 0 Å². The summed E-state index contributed by atoms with van der Waals surface area (Å²) in [7, 11) is 0. The Labute approximate surface area is 119 Å². The molecule has 0 saturated heterocycles. The van der Waals surface area contributed by atoms with Crippen LogP contribution in [0.1, 0.15) is 52.9 Å². The number of anilines is 1. The smallest absolute Gasteiger partial charge is 0.369 e. The van der Waals surface area contributed by atoms with E-state index in [9.17, 15) is 13.2 Å². The zero-order valence-electron chi connectivity index (χ0n) is 12.6. The SMILES string of the molecule is CC1CCCC1.CCC.Nc1nccn1CC(F)(F)F. The molecule has 20 heavy (non-hydrogen) atoms. The van der Waals surface area contributed by atoms with Gasteiger partial charge in [-0.2, -0.15) is 13.2 Å². The van der Waals surface area contributed by atoms with Gasteiger partial charge in [0.05, 0.1) is 0 Å². The number of nitrogens with two attached hydrogens (primary N) is 1. The molecule has 1 fully saturated rings. The van der Waals surface area contributed by atoms with Crippen LogP contribution in [0.3, 0.4) is 0 Å². The van der Waals surface area contributed by atoms with Gasteiger partial charge in [0, 0.05) is 12.4 Å². The van der Waals surface area contributed by atoms with E-state index in [1.54, 1.807) is 0 Å². The highest BCUT2D eigenvalue weighted by atomic mass is 19.4. The molecule has 1 aromatic rings. The van der Waals surface area contributed by atoms with E-state index in [0.717, 1.165) is 10.5 Å². The minimum atomic E-state index is -4.24. The van der Waals surface area contributed by atoms with E-state index in [4.69, 9.17) is 5.73 Å². The van der Waals surface area contributed by atoms with Crippen molar-refractivity contribution in [2.75, 3.05) is 5.73 Å². The third-order valence-electron chi connectivity index (χ3n) is 2.74. The Bertz CT molecular complexity index is 342. The molecule has 1 aromatic heterocycles. The summed E-state index contributed by atoms with van der Waals surface area (Å²) in [6, 6.07) is 0. The second-order valence-corrected chi connectivity index (χ2v) is 5.13. The molecule has 1 aliphatic carbocycles. The monoisotopic (exact) mass is 293 g/mol. The van der Waals surface area contributed by atoms with E-state index in [1.165, 1.54) is 44.5 Å². The Morgan fingerprint density at radius 3 is 2.05 bits per heavy atom. The number of hydrogen-bond acceptors (Lipinski definition) is 2. The van der Waals surface area contributed by atoms with Gasteiger partial charge in [0.1, 0.15) is 6.54 Å². The maximum atomic E-state index is 11.7. The molecule has 0 aromatic carbocycles. The molecule has 118 valence electrons. The van der Waals surface area contributed by atoms with Crippen molar-refractivity contribution in [1.82, 2.24) is 9.55 Å². The maximum Gasteiger partial charge on any atom is 0.406 e. The molecule has 0 bridgehead atoms. The van der Waals surface area contributed by atoms with Gasteiger partial charge in [-0.25, -0.2) is 4.98 Å². The number of imidazole rings is 1. The Hall–Kier alpha value is -1.20. The highest BCUT2D eigenvalue weighted by Gasteiger charge is 2.28. The third kappa shape index (κ3) is 9.69. The zero-order chi connectivity index (χ0) is 15.6. The lowest BCUT2D eigenvalue weighted by molar-refractivity contribution is -0.140. The molecule has 1 heterocycles. The standard InChI is InChI=1S/C6H12.C5H6F3N3.C3H8/c1-6-4-2-3-5-6;6-5(7,8)3-11-2-1-10-4(11)9;1-3-2/h6H,2-5H2,1H3;1-2H,3H2,(H2,9,10);3H2,1-2H3. The summed E-state index contributed by atoms with van der Waals surface area (Å²) >= 11 is 0. The van der Waals surface area contributed by atoms with E-state index >= 15 is 0 Å². The Morgan fingerprint density at radius 1 is 1.30 bits per heavy atom. The van der Waals surface area contributed by atoms with Crippen molar-refractivity contribution >= 4 is 5.95 Å². The average Bonchev–Trinajstić information content (AvgIpc) is 2.92. The van der Waals surface area contributed by atoms with E-state index in [0.29, 0.717) is 0 Å². The number of rotatable bonds is 1. The molecule has 1 aliphatic rings.